The Labute approximate surface area is 129 Å². The van der Waals surface area contributed by atoms with Gasteiger partial charge in [0.05, 0.1) is 32.3 Å². The summed E-state index contributed by atoms with van der Waals surface area (Å²) in [4.78, 5) is 4.37. The molecule has 0 saturated heterocycles. The lowest BCUT2D eigenvalue weighted by Crippen LogP contribution is -2.18. The SMILES string of the molecule is COCCNCc1cn(Cc2cc(Cl)ccc2OC)cn1. The molecule has 0 spiro atoms. The fourth-order valence-corrected chi connectivity index (χ4v) is 2.24. The normalized spacial score (nSPS) is 10.8. The molecule has 0 bridgehead atoms. The van der Waals surface area contributed by atoms with Crippen molar-refractivity contribution in [3.63, 3.8) is 0 Å². The number of benzene rings is 1. The number of aromatic nitrogens is 2. The molecule has 0 radical (unpaired) electrons. The first-order chi connectivity index (χ1) is 10.2. The molecule has 2 rings (SSSR count). The van der Waals surface area contributed by atoms with Crippen molar-refractivity contribution in [3.8, 4) is 5.75 Å². The summed E-state index contributed by atoms with van der Waals surface area (Å²) in [5, 5.41) is 3.97. The number of hydrogen-bond donors (Lipinski definition) is 1. The standard InChI is InChI=1S/C15H20ClN3O2/c1-20-6-5-17-8-14-10-19(11-18-14)9-12-7-13(16)3-4-15(12)21-2/h3-4,7,10-11,17H,5-6,8-9H2,1-2H3. The van der Waals surface area contributed by atoms with E-state index in [4.69, 9.17) is 21.1 Å². The fourth-order valence-electron chi connectivity index (χ4n) is 2.04. The van der Waals surface area contributed by atoms with Crippen molar-refractivity contribution in [1.29, 1.82) is 0 Å². The second-order valence-corrected chi connectivity index (χ2v) is 5.10. The molecule has 0 aliphatic carbocycles. The van der Waals surface area contributed by atoms with Crippen LogP contribution in [0.5, 0.6) is 5.75 Å². The summed E-state index contributed by atoms with van der Waals surface area (Å²) in [6.07, 6.45) is 3.83. The highest BCUT2D eigenvalue weighted by Crippen LogP contribution is 2.23. The summed E-state index contributed by atoms with van der Waals surface area (Å²) in [5.41, 5.74) is 2.02. The van der Waals surface area contributed by atoms with E-state index in [9.17, 15) is 0 Å². The number of imidazole rings is 1. The van der Waals surface area contributed by atoms with E-state index in [0.717, 1.165) is 30.1 Å². The molecule has 2 aromatic rings. The van der Waals surface area contributed by atoms with Crippen molar-refractivity contribution in [1.82, 2.24) is 14.9 Å². The number of nitrogens with one attached hydrogen (secondary N) is 1. The van der Waals surface area contributed by atoms with Crippen molar-refractivity contribution >= 4 is 11.6 Å². The van der Waals surface area contributed by atoms with Crippen molar-refractivity contribution < 1.29 is 9.47 Å². The largest absolute Gasteiger partial charge is 0.496 e. The van der Waals surface area contributed by atoms with Crippen LogP contribution in [0.1, 0.15) is 11.3 Å². The zero-order valence-corrected chi connectivity index (χ0v) is 13.1. The molecule has 114 valence electrons. The Morgan fingerprint density at radius 2 is 2.19 bits per heavy atom. The molecule has 1 aromatic carbocycles. The highest BCUT2D eigenvalue weighted by Gasteiger charge is 2.06. The zero-order chi connectivity index (χ0) is 15.1. The van der Waals surface area contributed by atoms with E-state index in [2.05, 4.69) is 10.3 Å². The van der Waals surface area contributed by atoms with Crippen LogP contribution >= 0.6 is 11.6 Å². The molecule has 0 saturated carbocycles. The van der Waals surface area contributed by atoms with Crippen LogP contribution in [0.15, 0.2) is 30.7 Å². The van der Waals surface area contributed by atoms with Gasteiger partial charge in [0, 0.05) is 37.0 Å². The molecular formula is C15H20ClN3O2. The fraction of sp³-hybridized carbons (Fsp3) is 0.400. The first-order valence-electron chi connectivity index (χ1n) is 6.75. The van der Waals surface area contributed by atoms with Crippen molar-refractivity contribution in [2.45, 2.75) is 13.1 Å². The van der Waals surface area contributed by atoms with Crippen molar-refractivity contribution in [2.75, 3.05) is 27.4 Å². The highest BCUT2D eigenvalue weighted by atomic mass is 35.5. The van der Waals surface area contributed by atoms with Gasteiger partial charge in [-0.2, -0.15) is 0 Å². The van der Waals surface area contributed by atoms with Crippen molar-refractivity contribution in [2.24, 2.45) is 0 Å². The Morgan fingerprint density at radius 1 is 1.33 bits per heavy atom. The summed E-state index contributed by atoms with van der Waals surface area (Å²) in [6, 6.07) is 5.61. The maximum absolute atomic E-state index is 6.04. The molecular weight excluding hydrogens is 290 g/mol. The molecule has 0 amide bonds. The maximum Gasteiger partial charge on any atom is 0.123 e. The third kappa shape index (κ3) is 4.74. The van der Waals surface area contributed by atoms with Gasteiger partial charge in [0.15, 0.2) is 0 Å². The van der Waals surface area contributed by atoms with Crippen LogP contribution in [0.2, 0.25) is 5.02 Å². The first kappa shape index (κ1) is 15.8. The minimum Gasteiger partial charge on any atom is -0.496 e. The quantitative estimate of drug-likeness (QED) is 0.760. The zero-order valence-electron chi connectivity index (χ0n) is 12.3. The molecule has 6 heteroatoms. The lowest BCUT2D eigenvalue weighted by molar-refractivity contribution is 0.199. The van der Waals surface area contributed by atoms with E-state index in [1.54, 1.807) is 14.2 Å². The third-order valence-electron chi connectivity index (χ3n) is 3.07. The summed E-state index contributed by atoms with van der Waals surface area (Å²) in [7, 11) is 3.35. The lowest BCUT2D eigenvalue weighted by Gasteiger charge is -2.09. The Morgan fingerprint density at radius 3 is 2.95 bits per heavy atom. The predicted molar refractivity (Wildman–Crippen MR) is 82.9 cm³/mol. The molecule has 1 aromatic heterocycles. The summed E-state index contributed by atoms with van der Waals surface area (Å²) < 4.78 is 12.4. The minimum atomic E-state index is 0.675. The molecule has 0 fully saturated rings. The number of hydrogen-bond acceptors (Lipinski definition) is 4. The van der Waals surface area contributed by atoms with Gasteiger partial charge in [-0.25, -0.2) is 4.98 Å². The second-order valence-electron chi connectivity index (χ2n) is 4.66. The van der Waals surface area contributed by atoms with E-state index in [1.807, 2.05) is 35.3 Å². The average Bonchev–Trinajstić information content (AvgIpc) is 2.91. The van der Waals surface area contributed by atoms with Crippen LogP contribution in [-0.4, -0.2) is 36.9 Å². The summed E-state index contributed by atoms with van der Waals surface area (Å²) in [5.74, 6) is 0.827. The van der Waals surface area contributed by atoms with E-state index >= 15 is 0 Å². The summed E-state index contributed by atoms with van der Waals surface area (Å²) in [6.45, 7) is 2.91. The average molecular weight is 310 g/mol. The molecule has 0 atom stereocenters. The second kappa shape index (κ2) is 8.02. The molecule has 21 heavy (non-hydrogen) atoms. The topological polar surface area (TPSA) is 48.3 Å². The number of methoxy groups -OCH3 is 2. The van der Waals surface area contributed by atoms with Gasteiger partial charge in [-0.1, -0.05) is 11.6 Å². The predicted octanol–water partition coefficient (Wildman–Crippen LogP) is 2.33. The van der Waals surface area contributed by atoms with Crippen LogP contribution in [0, 0.1) is 0 Å². The van der Waals surface area contributed by atoms with Gasteiger partial charge in [-0.3, -0.25) is 0 Å². The van der Waals surface area contributed by atoms with Gasteiger partial charge in [-0.05, 0) is 18.2 Å². The highest BCUT2D eigenvalue weighted by molar-refractivity contribution is 6.30. The Bertz CT molecular complexity index is 572. The van der Waals surface area contributed by atoms with Gasteiger partial charge in [0.2, 0.25) is 0 Å². The number of rotatable bonds is 8. The van der Waals surface area contributed by atoms with Gasteiger partial charge in [0.1, 0.15) is 5.75 Å². The number of ether oxygens (including phenoxy) is 2. The smallest absolute Gasteiger partial charge is 0.123 e. The van der Waals surface area contributed by atoms with E-state index in [1.165, 1.54) is 0 Å². The van der Waals surface area contributed by atoms with Gasteiger partial charge in [0.25, 0.3) is 0 Å². The number of halogens is 1. The van der Waals surface area contributed by atoms with E-state index in [-0.39, 0.29) is 0 Å². The Kier molecular flexibility index (Phi) is 6.04. The van der Waals surface area contributed by atoms with Gasteiger partial charge in [-0.15, -0.1) is 0 Å². The van der Waals surface area contributed by atoms with Gasteiger partial charge < -0.3 is 19.4 Å². The minimum absolute atomic E-state index is 0.675. The molecule has 0 aliphatic heterocycles. The molecule has 1 heterocycles. The van der Waals surface area contributed by atoms with E-state index < -0.39 is 0 Å². The summed E-state index contributed by atoms with van der Waals surface area (Å²) >= 11 is 6.04. The monoisotopic (exact) mass is 309 g/mol. The van der Waals surface area contributed by atoms with E-state index in [0.29, 0.717) is 18.2 Å². The molecule has 5 nitrogen and oxygen atoms in total. The molecule has 0 unspecified atom stereocenters. The molecule has 1 N–H and O–H groups in total. The lowest BCUT2D eigenvalue weighted by atomic mass is 10.2. The Hall–Kier alpha value is -1.56. The number of nitrogens with zero attached hydrogens (tertiary/aromatic N) is 2. The maximum atomic E-state index is 6.04. The van der Waals surface area contributed by atoms with Crippen LogP contribution in [0.4, 0.5) is 0 Å². The van der Waals surface area contributed by atoms with Crippen LogP contribution < -0.4 is 10.1 Å². The Balaban J connectivity index is 1.97. The van der Waals surface area contributed by atoms with Crippen LogP contribution in [-0.2, 0) is 17.8 Å². The van der Waals surface area contributed by atoms with Crippen LogP contribution in [0.3, 0.4) is 0 Å². The first-order valence-corrected chi connectivity index (χ1v) is 7.13. The molecule has 0 aliphatic rings. The van der Waals surface area contributed by atoms with Crippen molar-refractivity contribution in [3.05, 3.63) is 47.0 Å². The van der Waals surface area contributed by atoms with Gasteiger partial charge >= 0.3 is 0 Å². The third-order valence-corrected chi connectivity index (χ3v) is 3.31. The van der Waals surface area contributed by atoms with Crippen LogP contribution in [0.25, 0.3) is 0 Å².